The van der Waals surface area contributed by atoms with Crippen LogP contribution in [0, 0.1) is 0 Å². The fourth-order valence-electron chi connectivity index (χ4n) is 1.05. The van der Waals surface area contributed by atoms with E-state index in [2.05, 4.69) is 19.7 Å². The van der Waals surface area contributed by atoms with Crippen LogP contribution in [-0.4, -0.2) is 23.5 Å². The largest absolute Gasteiger partial charge is 0.351 e. The molecule has 0 saturated heterocycles. The van der Waals surface area contributed by atoms with E-state index in [1.165, 1.54) is 4.90 Å². The number of hydrogen-bond acceptors (Lipinski definition) is 1. The van der Waals surface area contributed by atoms with Crippen molar-refractivity contribution in [2.75, 3.05) is 6.54 Å². The highest BCUT2D eigenvalue weighted by Crippen LogP contribution is 2.05. The van der Waals surface area contributed by atoms with Gasteiger partial charge in [0.1, 0.15) is 0 Å². The Hall–Kier alpha value is -1.51. The van der Waals surface area contributed by atoms with Crippen molar-refractivity contribution in [1.29, 1.82) is 0 Å². The smallest absolute Gasteiger partial charge is 0.315 e. The molecule has 0 saturated carbocycles. The molecule has 0 rings (SSSR count). The van der Waals surface area contributed by atoms with Gasteiger partial charge in [0.05, 0.1) is 6.04 Å². The first-order valence-corrected chi connectivity index (χ1v) is 4.07. The first-order valence-electron chi connectivity index (χ1n) is 4.07. The molecule has 72 valence electrons. The lowest BCUT2D eigenvalue weighted by molar-refractivity contribution is 0.202. The topological polar surface area (TPSA) is 46.3 Å². The molecule has 0 bridgehead atoms. The van der Waals surface area contributed by atoms with Crippen LogP contribution in [0.25, 0.3) is 0 Å². The van der Waals surface area contributed by atoms with Crippen LogP contribution < -0.4 is 5.73 Å². The van der Waals surface area contributed by atoms with E-state index < -0.39 is 6.03 Å². The highest BCUT2D eigenvalue weighted by Gasteiger charge is 2.15. The minimum Gasteiger partial charge on any atom is -0.351 e. The molecule has 3 nitrogen and oxygen atoms in total. The van der Waals surface area contributed by atoms with Gasteiger partial charge in [0.25, 0.3) is 0 Å². The van der Waals surface area contributed by atoms with Crippen LogP contribution in [0.4, 0.5) is 4.79 Å². The molecule has 0 aliphatic heterocycles. The van der Waals surface area contributed by atoms with Crippen LogP contribution >= 0.6 is 0 Å². The molecular weight excluding hydrogens is 164 g/mol. The number of nitrogens with two attached hydrogens (primary N) is 1. The van der Waals surface area contributed by atoms with Crippen molar-refractivity contribution in [2.24, 2.45) is 5.73 Å². The Morgan fingerprint density at radius 3 is 2.31 bits per heavy atom. The Bertz CT molecular complexity index is 211. The lowest BCUT2D eigenvalue weighted by Gasteiger charge is -2.25. The summed E-state index contributed by atoms with van der Waals surface area (Å²) in [6, 6.07) is -0.556. The molecule has 3 heteroatoms. The standard InChI is InChI=1S/C10H16N2O/c1-4-7-9(6-3)12(8-5-2)10(11)13/h4-6,9H,1-3,7-8H2,(H2,11,13). The lowest BCUT2D eigenvalue weighted by atomic mass is 10.2. The highest BCUT2D eigenvalue weighted by molar-refractivity contribution is 5.72. The zero-order valence-electron chi connectivity index (χ0n) is 7.78. The molecule has 0 aromatic heterocycles. The van der Waals surface area contributed by atoms with Crippen molar-refractivity contribution < 1.29 is 4.79 Å². The maximum Gasteiger partial charge on any atom is 0.315 e. The van der Waals surface area contributed by atoms with E-state index in [9.17, 15) is 4.79 Å². The Morgan fingerprint density at radius 2 is 2.00 bits per heavy atom. The summed E-state index contributed by atoms with van der Waals surface area (Å²) in [5.74, 6) is 0. The Morgan fingerprint density at radius 1 is 1.38 bits per heavy atom. The van der Waals surface area contributed by atoms with Gasteiger partial charge in [0.15, 0.2) is 0 Å². The van der Waals surface area contributed by atoms with Gasteiger partial charge in [-0.25, -0.2) is 4.79 Å². The molecule has 13 heavy (non-hydrogen) atoms. The maximum absolute atomic E-state index is 11.0. The second kappa shape index (κ2) is 6.06. The number of amides is 2. The predicted molar refractivity (Wildman–Crippen MR) is 55.3 cm³/mol. The van der Waals surface area contributed by atoms with E-state index in [1.807, 2.05) is 0 Å². The van der Waals surface area contributed by atoms with Crippen molar-refractivity contribution in [3.63, 3.8) is 0 Å². The number of carbonyl (C=O) groups excluding carboxylic acids is 1. The Balaban J connectivity index is 4.45. The number of hydrogen-bond donors (Lipinski definition) is 1. The van der Waals surface area contributed by atoms with Crippen molar-refractivity contribution in [3.8, 4) is 0 Å². The summed E-state index contributed by atoms with van der Waals surface area (Å²) in [5.41, 5.74) is 5.19. The third-order valence-corrected chi connectivity index (χ3v) is 1.69. The van der Waals surface area contributed by atoms with E-state index in [4.69, 9.17) is 5.73 Å². The monoisotopic (exact) mass is 180 g/mol. The first kappa shape index (κ1) is 11.5. The van der Waals surface area contributed by atoms with Crippen molar-refractivity contribution >= 4 is 6.03 Å². The molecule has 0 radical (unpaired) electrons. The fraction of sp³-hybridized carbons (Fsp3) is 0.300. The van der Waals surface area contributed by atoms with Crippen LogP contribution in [0.1, 0.15) is 6.42 Å². The van der Waals surface area contributed by atoms with Gasteiger partial charge in [-0.1, -0.05) is 18.2 Å². The van der Waals surface area contributed by atoms with Crippen molar-refractivity contribution in [1.82, 2.24) is 4.90 Å². The quantitative estimate of drug-likeness (QED) is 0.621. The van der Waals surface area contributed by atoms with Crippen LogP contribution in [0.3, 0.4) is 0 Å². The van der Waals surface area contributed by atoms with Gasteiger partial charge in [-0.2, -0.15) is 0 Å². The van der Waals surface area contributed by atoms with Crippen LogP contribution in [0.2, 0.25) is 0 Å². The predicted octanol–water partition coefficient (Wildman–Crippen LogP) is 1.68. The third kappa shape index (κ3) is 3.60. The number of urea groups is 1. The summed E-state index contributed by atoms with van der Waals surface area (Å²) in [5, 5.41) is 0. The van der Waals surface area contributed by atoms with E-state index in [-0.39, 0.29) is 6.04 Å². The SMILES string of the molecule is C=CCC(C=C)N(CC=C)C(N)=O. The molecular formula is C10H16N2O. The maximum atomic E-state index is 11.0. The van der Waals surface area contributed by atoms with Gasteiger partial charge in [-0.3, -0.25) is 0 Å². The summed E-state index contributed by atoms with van der Waals surface area (Å²) in [6.07, 6.45) is 5.69. The highest BCUT2D eigenvalue weighted by atomic mass is 16.2. The molecule has 1 unspecified atom stereocenters. The minimum absolute atomic E-state index is 0.0898. The molecule has 2 N–H and O–H groups in total. The average Bonchev–Trinajstić information content (AvgIpc) is 2.10. The number of rotatable bonds is 6. The average molecular weight is 180 g/mol. The van der Waals surface area contributed by atoms with Crippen molar-refractivity contribution in [3.05, 3.63) is 38.0 Å². The van der Waals surface area contributed by atoms with Gasteiger partial charge in [0.2, 0.25) is 0 Å². The second-order valence-electron chi connectivity index (χ2n) is 2.61. The first-order chi connectivity index (χ1) is 6.17. The van der Waals surface area contributed by atoms with E-state index in [0.717, 1.165) is 0 Å². The molecule has 1 atom stereocenters. The number of nitrogens with zero attached hydrogens (tertiary/aromatic N) is 1. The van der Waals surface area contributed by atoms with Crippen molar-refractivity contribution in [2.45, 2.75) is 12.5 Å². The molecule has 0 spiro atoms. The molecule has 0 heterocycles. The molecule has 0 aliphatic carbocycles. The third-order valence-electron chi connectivity index (χ3n) is 1.69. The van der Waals surface area contributed by atoms with E-state index in [1.54, 1.807) is 18.2 Å². The van der Waals surface area contributed by atoms with Gasteiger partial charge >= 0.3 is 6.03 Å². The van der Waals surface area contributed by atoms with Crippen LogP contribution in [0.5, 0.6) is 0 Å². The molecule has 0 aromatic carbocycles. The number of carbonyl (C=O) groups is 1. The van der Waals surface area contributed by atoms with E-state index >= 15 is 0 Å². The fourth-order valence-corrected chi connectivity index (χ4v) is 1.05. The van der Waals surface area contributed by atoms with Gasteiger partial charge in [-0.05, 0) is 6.42 Å². The zero-order valence-corrected chi connectivity index (χ0v) is 7.78. The summed E-state index contributed by atoms with van der Waals surface area (Å²) in [4.78, 5) is 12.5. The van der Waals surface area contributed by atoms with Gasteiger partial charge in [0, 0.05) is 6.54 Å². The van der Waals surface area contributed by atoms with E-state index in [0.29, 0.717) is 13.0 Å². The van der Waals surface area contributed by atoms with Gasteiger partial charge in [-0.15, -0.1) is 19.7 Å². The molecule has 2 amide bonds. The molecule has 0 aliphatic rings. The molecule has 0 fully saturated rings. The summed E-state index contributed by atoms with van der Waals surface area (Å²) >= 11 is 0. The Labute approximate surface area is 79.2 Å². The van der Waals surface area contributed by atoms with Crippen LogP contribution in [0.15, 0.2) is 38.0 Å². The summed E-state index contributed by atoms with van der Waals surface area (Å²) < 4.78 is 0. The Kier molecular flexibility index (Phi) is 5.35. The van der Waals surface area contributed by atoms with Crippen LogP contribution in [-0.2, 0) is 0 Å². The lowest BCUT2D eigenvalue weighted by Crippen LogP contribution is -2.42. The summed E-state index contributed by atoms with van der Waals surface area (Å²) in [6.45, 7) is 11.2. The number of primary amides is 1. The zero-order chi connectivity index (χ0) is 10.3. The minimum atomic E-state index is -0.466. The summed E-state index contributed by atoms with van der Waals surface area (Å²) in [7, 11) is 0. The van der Waals surface area contributed by atoms with Gasteiger partial charge < -0.3 is 10.6 Å². The molecule has 0 aromatic rings. The second-order valence-corrected chi connectivity index (χ2v) is 2.61. The normalized spacial score (nSPS) is 11.4.